The molecule has 0 spiro atoms. The Morgan fingerprint density at radius 1 is 1.00 bits per heavy atom. The highest BCUT2D eigenvalue weighted by Gasteiger charge is 2.21. The molecule has 142 valence electrons. The average Bonchev–Trinajstić information content (AvgIpc) is 2.72. The van der Waals surface area contributed by atoms with Crippen LogP contribution < -0.4 is 19.7 Å². The predicted molar refractivity (Wildman–Crippen MR) is 105 cm³/mol. The van der Waals surface area contributed by atoms with Crippen LogP contribution >= 0.6 is 0 Å². The molecule has 0 radical (unpaired) electrons. The predicted octanol–water partition coefficient (Wildman–Crippen LogP) is 2.80. The third-order valence-electron chi connectivity index (χ3n) is 4.98. The summed E-state index contributed by atoms with van der Waals surface area (Å²) in [6.07, 6.45) is 0. The molecule has 2 heterocycles. The number of rotatable bonds is 3. The Morgan fingerprint density at radius 2 is 1.78 bits per heavy atom. The number of fused-ring (bicyclic) bond motifs is 1. The molecule has 6 heteroatoms. The van der Waals surface area contributed by atoms with Crippen LogP contribution in [0.5, 0.6) is 11.5 Å². The Bertz CT molecular complexity index is 816. The number of nitrogens with one attached hydrogen (secondary N) is 1. The standard InChI is InChI=1S/C21H25N3O3/c1-16-3-2-4-18(13-16)23-7-9-24(10-8-23)21(25)22-15-17-5-6-19-20(14-17)27-12-11-26-19/h2-6,13-14H,7-12,15H2,1H3,(H,22,25). The molecule has 0 saturated carbocycles. The van der Waals surface area contributed by atoms with E-state index in [4.69, 9.17) is 9.47 Å². The van der Waals surface area contributed by atoms with Crippen LogP contribution in [0.25, 0.3) is 0 Å². The van der Waals surface area contributed by atoms with Gasteiger partial charge in [-0.3, -0.25) is 0 Å². The van der Waals surface area contributed by atoms with Crippen molar-refractivity contribution in [2.75, 3.05) is 44.3 Å². The minimum absolute atomic E-state index is 0.0196. The summed E-state index contributed by atoms with van der Waals surface area (Å²) in [6, 6.07) is 14.3. The highest BCUT2D eigenvalue weighted by Crippen LogP contribution is 2.30. The van der Waals surface area contributed by atoms with Crippen molar-refractivity contribution in [2.24, 2.45) is 0 Å². The molecule has 0 atom stereocenters. The summed E-state index contributed by atoms with van der Waals surface area (Å²) in [6.45, 7) is 6.87. The number of benzene rings is 2. The normalized spacial score (nSPS) is 16.2. The van der Waals surface area contributed by atoms with Crippen molar-refractivity contribution in [3.8, 4) is 11.5 Å². The van der Waals surface area contributed by atoms with E-state index < -0.39 is 0 Å². The zero-order chi connectivity index (χ0) is 18.6. The van der Waals surface area contributed by atoms with Crippen LogP contribution in [0, 0.1) is 6.92 Å². The molecule has 0 bridgehead atoms. The largest absolute Gasteiger partial charge is 0.486 e. The van der Waals surface area contributed by atoms with Crippen LogP contribution in [0.15, 0.2) is 42.5 Å². The summed E-state index contributed by atoms with van der Waals surface area (Å²) in [7, 11) is 0. The second-order valence-corrected chi connectivity index (χ2v) is 6.95. The fourth-order valence-electron chi connectivity index (χ4n) is 3.48. The fraction of sp³-hybridized carbons (Fsp3) is 0.381. The van der Waals surface area contributed by atoms with Gasteiger partial charge in [0.2, 0.25) is 0 Å². The third kappa shape index (κ3) is 4.10. The van der Waals surface area contributed by atoms with Gasteiger partial charge in [0, 0.05) is 38.4 Å². The Kier molecular flexibility index (Phi) is 5.05. The van der Waals surface area contributed by atoms with Gasteiger partial charge in [0.15, 0.2) is 11.5 Å². The van der Waals surface area contributed by atoms with Crippen molar-refractivity contribution in [3.63, 3.8) is 0 Å². The molecule has 0 unspecified atom stereocenters. The first kappa shape index (κ1) is 17.5. The number of hydrogen-bond acceptors (Lipinski definition) is 4. The smallest absolute Gasteiger partial charge is 0.317 e. The van der Waals surface area contributed by atoms with E-state index in [0.717, 1.165) is 43.2 Å². The van der Waals surface area contributed by atoms with Gasteiger partial charge >= 0.3 is 6.03 Å². The van der Waals surface area contributed by atoms with Crippen LogP contribution in [0.1, 0.15) is 11.1 Å². The number of piperazine rings is 1. The summed E-state index contributed by atoms with van der Waals surface area (Å²) in [5, 5.41) is 3.01. The zero-order valence-electron chi connectivity index (χ0n) is 15.6. The molecule has 1 N–H and O–H groups in total. The molecule has 2 amide bonds. The lowest BCUT2D eigenvalue weighted by atomic mass is 10.2. The van der Waals surface area contributed by atoms with Crippen LogP contribution in [-0.2, 0) is 6.54 Å². The van der Waals surface area contributed by atoms with Gasteiger partial charge in [-0.1, -0.05) is 18.2 Å². The summed E-state index contributed by atoms with van der Waals surface area (Å²) in [4.78, 5) is 16.7. The lowest BCUT2D eigenvalue weighted by Crippen LogP contribution is -2.51. The Labute approximate surface area is 159 Å². The monoisotopic (exact) mass is 367 g/mol. The fourth-order valence-corrected chi connectivity index (χ4v) is 3.48. The Morgan fingerprint density at radius 3 is 2.56 bits per heavy atom. The molecule has 0 aliphatic carbocycles. The molecule has 2 aromatic rings. The lowest BCUT2D eigenvalue weighted by molar-refractivity contribution is 0.171. The number of ether oxygens (including phenoxy) is 2. The molecule has 27 heavy (non-hydrogen) atoms. The topological polar surface area (TPSA) is 54.0 Å². The van der Waals surface area contributed by atoms with Gasteiger partial charge < -0.3 is 24.6 Å². The van der Waals surface area contributed by atoms with Crippen molar-refractivity contribution in [1.29, 1.82) is 0 Å². The maximum Gasteiger partial charge on any atom is 0.317 e. The molecular formula is C21H25N3O3. The van der Waals surface area contributed by atoms with Gasteiger partial charge in [0.1, 0.15) is 13.2 Å². The van der Waals surface area contributed by atoms with Crippen LogP contribution in [0.2, 0.25) is 0 Å². The van der Waals surface area contributed by atoms with E-state index in [2.05, 4.69) is 41.4 Å². The van der Waals surface area contributed by atoms with Gasteiger partial charge in [-0.2, -0.15) is 0 Å². The molecule has 2 aliphatic heterocycles. The van der Waals surface area contributed by atoms with Crippen LogP contribution in [0.4, 0.5) is 10.5 Å². The molecule has 6 nitrogen and oxygen atoms in total. The summed E-state index contributed by atoms with van der Waals surface area (Å²) >= 11 is 0. The molecule has 2 aromatic carbocycles. The second kappa shape index (κ2) is 7.78. The van der Waals surface area contributed by atoms with Crippen LogP contribution in [0.3, 0.4) is 0 Å². The summed E-state index contributed by atoms with van der Waals surface area (Å²) in [5.41, 5.74) is 3.49. The molecule has 1 saturated heterocycles. The van der Waals surface area contributed by atoms with E-state index in [-0.39, 0.29) is 6.03 Å². The maximum absolute atomic E-state index is 12.5. The van der Waals surface area contributed by atoms with Gasteiger partial charge in [0.05, 0.1) is 0 Å². The first-order chi connectivity index (χ1) is 13.2. The van der Waals surface area contributed by atoms with Crippen molar-refractivity contribution < 1.29 is 14.3 Å². The van der Waals surface area contributed by atoms with E-state index in [1.807, 2.05) is 23.1 Å². The van der Waals surface area contributed by atoms with Crippen LogP contribution in [-0.4, -0.2) is 50.3 Å². The number of urea groups is 1. The number of anilines is 1. The summed E-state index contributed by atoms with van der Waals surface area (Å²) < 4.78 is 11.1. The number of carbonyl (C=O) groups excluding carboxylic acids is 1. The van der Waals surface area contributed by atoms with Gasteiger partial charge in [-0.05, 0) is 42.3 Å². The lowest BCUT2D eigenvalue weighted by Gasteiger charge is -2.36. The zero-order valence-corrected chi connectivity index (χ0v) is 15.6. The summed E-state index contributed by atoms with van der Waals surface area (Å²) in [5.74, 6) is 1.52. The number of nitrogens with zero attached hydrogens (tertiary/aromatic N) is 2. The second-order valence-electron chi connectivity index (χ2n) is 6.95. The highest BCUT2D eigenvalue weighted by molar-refractivity contribution is 5.74. The maximum atomic E-state index is 12.5. The first-order valence-corrected chi connectivity index (χ1v) is 9.42. The van der Waals surface area contributed by atoms with Gasteiger partial charge in [0.25, 0.3) is 0 Å². The SMILES string of the molecule is Cc1cccc(N2CCN(C(=O)NCc3ccc4c(c3)OCCO4)CC2)c1. The van der Waals surface area contributed by atoms with E-state index in [0.29, 0.717) is 19.8 Å². The highest BCUT2D eigenvalue weighted by atomic mass is 16.6. The Hall–Kier alpha value is -2.89. The quantitative estimate of drug-likeness (QED) is 0.906. The van der Waals surface area contributed by atoms with Crippen molar-refractivity contribution in [3.05, 3.63) is 53.6 Å². The van der Waals surface area contributed by atoms with Gasteiger partial charge in [-0.15, -0.1) is 0 Å². The van der Waals surface area contributed by atoms with Gasteiger partial charge in [-0.25, -0.2) is 4.79 Å². The molecule has 1 fully saturated rings. The third-order valence-corrected chi connectivity index (χ3v) is 4.98. The molecule has 4 rings (SSSR count). The first-order valence-electron chi connectivity index (χ1n) is 9.42. The number of hydrogen-bond donors (Lipinski definition) is 1. The van der Waals surface area contributed by atoms with E-state index in [1.54, 1.807) is 0 Å². The van der Waals surface area contributed by atoms with Crippen molar-refractivity contribution in [2.45, 2.75) is 13.5 Å². The van der Waals surface area contributed by atoms with E-state index in [1.165, 1.54) is 11.3 Å². The van der Waals surface area contributed by atoms with Crippen molar-refractivity contribution >= 4 is 11.7 Å². The number of carbonyl (C=O) groups is 1. The Balaban J connectivity index is 1.28. The van der Waals surface area contributed by atoms with E-state index in [9.17, 15) is 4.79 Å². The average molecular weight is 367 g/mol. The molecule has 2 aliphatic rings. The number of aryl methyl sites for hydroxylation is 1. The number of amides is 2. The molecule has 0 aromatic heterocycles. The minimum Gasteiger partial charge on any atom is -0.486 e. The van der Waals surface area contributed by atoms with Crippen molar-refractivity contribution in [1.82, 2.24) is 10.2 Å². The molecular weight excluding hydrogens is 342 g/mol. The minimum atomic E-state index is -0.0196. The van der Waals surface area contributed by atoms with E-state index >= 15 is 0 Å².